The molecule has 0 saturated carbocycles. The molecule has 1 unspecified atom stereocenters. The van der Waals surface area contributed by atoms with Gasteiger partial charge in [0.15, 0.2) is 21.5 Å². The summed E-state index contributed by atoms with van der Waals surface area (Å²) in [7, 11) is -3.20. The number of amides is 1. The number of halogens is 2. The molecule has 186 valence electrons. The van der Waals surface area contributed by atoms with Gasteiger partial charge in [-0.2, -0.15) is 0 Å². The maximum absolute atomic E-state index is 13.6. The van der Waals surface area contributed by atoms with Crippen LogP contribution in [0.5, 0.6) is 5.75 Å². The molecule has 0 spiro atoms. The number of anilines is 1. The van der Waals surface area contributed by atoms with Crippen molar-refractivity contribution in [3.05, 3.63) is 45.6 Å². The second kappa shape index (κ2) is 10.8. The summed E-state index contributed by atoms with van der Waals surface area (Å²) in [5, 5.41) is 0.488. The zero-order chi connectivity index (χ0) is 24.3. The Labute approximate surface area is 210 Å². The molecule has 1 atom stereocenters. The van der Waals surface area contributed by atoms with Gasteiger partial charge in [0.2, 0.25) is 0 Å². The third kappa shape index (κ3) is 5.83. The van der Waals surface area contributed by atoms with Crippen LogP contribution in [0.25, 0.3) is 0 Å². The third-order valence-electron chi connectivity index (χ3n) is 6.25. The van der Waals surface area contributed by atoms with Crippen LogP contribution in [0.4, 0.5) is 5.88 Å². The van der Waals surface area contributed by atoms with Crippen molar-refractivity contribution in [2.45, 2.75) is 51.6 Å². The first-order valence-corrected chi connectivity index (χ1v) is 14.3. The van der Waals surface area contributed by atoms with Crippen LogP contribution in [0, 0.1) is 0 Å². The highest BCUT2D eigenvalue weighted by Gasteiger charge is 2.36. The van der Waals surface area contributed by atoms with Gasteiger partial charge in [-0.05, 0) is 50.3 Å². The number of rotatable bonds is 8. The fourth-order valence-electron chi connectivity index (χ4n) is 4.48. The molecular formula is C24H30Cl2N2O5S. The van der Waals surface area contributed by atoms with E-state index in [2.05, 4.69) is 4.90 Å². The van der Waals surface area contributed by atoms with Gasteiger partial charge in [0.1, 0.15) is 5.76 Å². The van der Waals surface area contributed by atoms with Crippen molar-refractivity contribution in [1.82, 2.24) is 4.90 Å². The van der Waals surface area contributed by atoms with Crippen LogP contribution in [0.1, 0.15) is 55.1 Å². The van der Waals surface area contributed by atoms with Crippen LogP contribution in [-0.4, -0.2) is 56.5 Å². The quantitative estimate of drug-likeness (QED) is 0.468. The summed E-state index contributed by atoms with van der Waals surface area (Å²) >= 11 is 12.7. The van der Waals surface area contributed by atoms with Crippen LogP contribution in [0.2, 0.25) is 10.0 Å². The molecule has 4 rings (SSSR count). The van der Waals surface area contributed by atoms with Crippen LogP contribution >= 0.6 is 23.2 Å². The molecule has 10 heteroatoms. The number of nitrogens with zero attached hydrogens (tertiary/aromatic N) is 2. The lowest BCUT2D eigenvalue weighted by atomic mass is 10.1. The smallest absolute Gasteiger partial charge is 0.254 e. The van der Waals surface area contributed by atoms with E-state index in [1.165, 1.54) is 18.6 Å². The highest BCUT2D eigenvalue weighted by molar-refractivity contribution is 7.91. The minimum absolute atomic E-state index is 0.0595. The van der Waals surface area contributed by atoms with Crippen LogP contribution in [-0.2, 0) is 16.4 Å². The van der Waals surface area contributed by atoms with Gasteiger partial charge < -0.3 is 19.0 Å². The predicted molar refractivity (Wildman–Crippen MR) is 134 cm³/mol. The van der Waals surface area contributed by atoms with Crippen molar-refractivity contribution < 1.29 is 22.4 Å². The number of carbonyl (C=O) groups is 1. The molecule has 2 aliphatic heterocycles. The summed E-state index contributed by atoms with van der Waals surface area (Å²) in [4.78, 5) is 17.4. The first kappa shape index (κ1) is 25.2. The van der Waals surface area contributed by atoms with Crippen molar-refractivity contribution >= 4 is 44.8 Å². The van der Waals surface area contributed by atoms with Crippen LogP contribution in [0.15, 0.2) is 28.7 Å². The Balaban J connectivity index is 1.59. The normalized spacial score (nSPS) is 19.9. The van der Waals surface area contributed by atoms with Gasteiger partial charge in [0.25, 0.3) is 5.91 Å². The Morgan fingerprint density at radius 1 is 1.18 bits per heavy atom. The Kier molecular flexibility index (Phi) is 8.00. The summed E-state index contributed by atoms with van der Waals surface area (Å²) in [6, 6.07) is 6.38. The Morgan fingerprint density at radius 3 is 2.50 bits per heavy atom. The number of ether oxygens (including phenoxy) is 1. The Morgan fingerprint density at radius 2 is 1.88 bits per heavy atom. The van der Waals surface area contributed by atoms with Crippen molar-refractivity contribution in [3.63, 3.8) is 0 Å². The molecule has 2 aliphatic rings. The van der Waals surface area contributed by atoms with Gasteiger partial charge in [-0.25, -0.2) is 8.42 Å². The highest BCUT2D eigenvalue weighted by atomic mass is 35.5. The van der Waals surface area contributed by atoms with Crippen molar-refractivity contribution in [2.75, 3.05) is 36.1 Å². The molecule has 2 aromatic rings. The summed E-state index contributed by atoms with van der Waals surface area (Å²) in [5.41, 5.74) is 0.283. The van der Waals surface area contributed by atoms with E-state index in [0.717, 1.165) is 38.2 Å². The average Bonchev–Trinajstić information content (AvgIpc) is 3.43. The zero-order valence-corrected chi connectivity index (χ0v) is 21.6. The topological polar surface area (TPSA) is 80.1 Å². The van der Waals surface area contributed by atoms with E-state index in [-0.39, 0.29) is 39.6 Å². The summed E-state index contributed by atoms with van der Waals surface area (Å²) in [6.45, 7) is 4.48. The summed E-state index contributed by atoms with van der Waals surface area (Å²) < 4.78 is 36.1. The number of hydrogen-bond donors (Lipinski definition) is 0. The third-order valence-corrected chi connectivity index (χ3v) is 8.56. The summed E-state index contributed by atoms with van der Waals surface area (Å²) in [5.74, 6) is 1.38. The largest absolute Gasteiger partial charge is 0.490 e. The summed E-state index contributed by atoms with van der Waals surface area (Å²) in [6.07, 6.45) is 4.64. The number of carbonyl (C=O) groups excluding carboxylic acids is 1. The van der Waals surface area contributed by atoms with Crippen molar-refractivity contribution in [3.8, 4) is 5.75 Å². The maximum Gasteiger partial charge on any atom is 0.254 e. The van der Waals surface area contributed by atoms with Crippen LogP contribution < -0.4 is 9.64 Å². The van der Waals surface area contributed by atoms with Gasteiger partial charge >= 0.3 is 0 Å². The number of piperidine rings is 1. The number of benzene rings is 1. The van der Waals surface area contributed by atoms with Gasteiger partial charge in [-0.1, -0.05) is 30.1 Å². The molecule has 0 N–H and O–H groups in total. The Bertz CT molecular complexity index is 1110. The molecule has 3 heterocycles. The molecule has 0 bridgehead atoms. The first-order chi connectivity index (χ1) is 16.3. The Hall–Kier alpha value is -1.90. The van der Waals surface area contributed by atoms with E-state index < -0.39 is 15.9 Å². The van der Waals surface area contributed by atoms with E-state index in [9.17, 15) is 13.2 Å². The van der Waals surface area contributed by atoms with Crippen LogP contribution in [0.3, 0.4) is 0 Å². The second-order valence-electron chi connectivity index (χ2n) is 8.90. The molecule has 2 fully saturated rings. The minimum Gasteiger partial charge on any atom is -0.490 e. The lowest BCUT2D eigenvalue weighted by Gasteiger charge is -2.28. The predicted octanol–water partition coefficient (Wildman–Crippen LogP) is 5.20. The first-order valence-electron chi connectivity index (χ1n) is 11.7. The second-order valence-corrected chi connectivity index (χ2v) is 11.9. The fourth-order valence-corrected chi connectivity index (χ4v) is 6.81. The molecule has 1 aromatic carbocycles. The number of hydrogen-bond acceptors (Lipinski definition) is 6. The number of sulfone groups is 1. The SMILES string of the molecule is CCCOc1c(Cl)cc(C(=O)N(Cc2ccc(N3CCCCC3)o2)C2CCS(=O)(=O)C2)cc1Cl. The van der Waals surface area contributed by atoms with Gasteiger partial charge in [-0.3, -0.25) is 4.79 Å². The van der Waals surface area contributed by atoms with E-state index >= 15 is 0 Å². The lowest BCUT2D eigenvalue weighted by molar-refractivity contribution is 0.0666. The molecule has 1 aromatic heterocycles. The van der Waals surface area contributed by atoms with Crippen molar-refractivity contribution in [1.29, 1.82) is 0 Å². The van der Waals surface area contributed by atoms with Crippen molar-refractivity contribution in [2.24, 2.45) is 0 Å². The highest BCUT2D eigenvalue weighted by Crippen LogP contribution is 2.35. The van der Waals surface area contributed by atoms with Gasteiger partial charge in [0, 0.05) is 30.8 Å². The van der Waals surface area contributed by atoms with Gasteiger partial charge in [-0.15, -0.1) is 0 Å². The molecule has 2 saturated heterocycles. The molecule has 7 nitrogen and oxygen atoms in total. The lowest BCUT2D eigenvalue weighted by Crippen LogP contribution is -2.40. The molecule has 34 heavy (non-hydrogen) atoms. The van der Waals surface area contributed by atoms with Gasteiger partial charge in [0.05, 0.1) is 34.7 Å². The molecule has 1 amide bonds. The minimum atomic E-state index is -3.20. The molecule has 0 aliphatic carbocycles. The standard InChI is InChI=1S/C24H30Cl2N2O5S/c1-2-11-32-23-20(25)13-17(14-21(23)26)24(29)28(18-8-12-34(30,31)16-18)15-19-6-7-22(33-19)27-9-4-3-5-10-27/h6-7,13-14,18H,2-5,8-12,15-16H2,1H3. The molecule has 0 radical (unpaired) electrons. The zero-order valence-electron chi connectivity index (χ0n) is 19.3. The monoisotopic (exact) mass is 528 g/mol. The van der Waals surface area contributed by atoms with E-state index in [1.807, 2.05) is 19.1 Å². The fraction of sp³-hybridized carbons (Fsp3) is 0.542. The average molecular weight is 529 g/mol. The van der Waals surface area contributed by atoms with E-state index in [1.54, 1.807) is 4.90 Å². The molecular weight excluding hydrogens is 499 g/mol. The van der Waals surface area contributed by atoms with E-state index in [4.69, 9.17) is 32.4 Å². The number of furan rings is 1. The maximum atomic E-state index is 13.6. The van der Waals surface area contributed by atoms with E-state index in [0.29, 0.717) is 24.5 Å².